The van der Waals surface area contributed by atoms with E-state index in [0.29, 0.717) is 28.8 Å². The zero-order valence-electron chi connectivity index (χ0n) is 14.2. The van der Waals surface area contributed by atoms with Crippen LogP contribution >= 0.6 is 11.3 Å². The molecule has 0 saturated heterocycles. The molecule has 8 heteroatoms. The molecule has 136 valence electrons. The number of carbonyl (C=O) groups excluding carboxylic acids is 1. The lowest BCUT2D eigenvalue weighted by Crippen LogP contribution is -2.14. The van der Waals surface area contributed by atoms with Gasteiger partial charge in [-0.15, -0.1) is 11.3 Å². The molecule has 3 aromatic heterocycles. The number of nitrogens with zero attached hydrogens (tertiary/aromatic N) is 3. The van der Waals surface area contributed by atoms with Crippen LogP contribution in [0.1, 0.15) is 17.3 Å². The van der Waals surface area contributed by atoms with Crippen molar-refractivity contribution in [2.24, 2.45) is 0 Å². The molecule has 5 nitrogen and oxygen atoms in total. The number of hydrogen-bond donors (Lipinski definition) is 1. The van der Waals surface area contributed by atoms with Crippen molar-refractivity contribution in [3.05, 3.63) is 65.2 Å². The van der Waals surface area contributed by atoms with Crippen LogP contribution < -0.4 is 5.32 Å². The molecule has 0 aliphatic heterocycles. The molecule has 27 heavy (non-hydrogen) atoms. The average Bonchev–Trinajstić information content (AvgIpc) is 3.32. The molecule has 0 fully saturated rings. The summed E-state index contributed by atoms with van der Waals surface area (Å²) in [5.41, 5.74) is 1.45. The van der Waals surface area contributed by atoms with E-state index < -0.39 is 17.5 Å². The van der Waals surface area contributed by atoms with Gasteiger partial charge in [0, 0.05) is 12.6 Å². The smallest absolute Gasteiger partial charge is 0.256 e. The van der Waals surface area contributed by atoms with E-state index in [1.807, 2.05) is 24.4 Å². The molecule has 3 heterocycles. The van der Waals surface area contributed by atoms with E-state index in [2.05, 4.69) is 15.4 Å². The first-order valence-electron chi connectivity index (χ1n) is 8.23. The van der Waals surface area contributed by atoms with Gasteiger partial charge < -0.3 is 5.32 Å². The Balaban J connectivity index is 1.82. The van der Waals surface area contributed by atoms with Crippen molar-refractivity contribution in [2.75, 3.05) is 5.32 Å². The van der Waals surface area contributed by atoms with Crippen molar-refractivity contribution < 1.29 is 13.6 Å². The topological polar surface area (TPSA) is 59.8 Å². The monoisotopic (exact) mass is 384 g/mol. The minimum atomic E-state index is -0.837. The number of halogens is 2. The minimum absolute atomic E-state index is 0.0908. The number of rotatable bonds is 4. The van der Waals surface area contributed by atoms with E-state index in [0.717, 1.165) is 17.0 Å². The number of pyridine rings is 1. The minimum Gasteiger partial charge on any atom is -0.319 e. The third-order valence-corrected chi connectivity index (χ3v) is 5.00. The Bertz CT molecular complexity index is 1140. The van der Waals surface area contributed by atoms with Gasteiger partial charge in [-0.2, -0.15) is 5.10 Å². The Hall–Kier alpha value is -3.13. The van der Waals surface area contributed by atoms with Gasteiger partial charge in [0.25, 0.3) is 5.91 Å². The molecule has 1 amide bonds. The fourth-order valence-electron chi connectivity index (χ4n) is 2.80. The summed E-state index contributed by atoms with van der Waals surface area (Å²) in [4.78, 5) is 18.4. The van der Waals surface area contributed by atoms with Crippen LogP contribution in [0, 0.1) is 11.6 Å². The summed E-state index contributed by atoms with van der Waals surface area (Å²) in [6.07, 6.45) is 1.57. The van der Waals surface area contributed by atoms with Crippen molar-refractivity contribution in [3.63, 3.8) is 0 Å². The molecule has 0 saturated carbocycles. The number of fused-ring (bicyclic) bond motifs is 1. The molecule has 4 aromatic rings. The molecular weight excluding hydrogens is 370 g/mol. The van der Waals surface area contributed by atoms with Gasteiger partial charge in [0.15, 0.2) is 5.65 Å². The van der Waals surface area contributed by atoms with E-state index in [1.54, 1.807) is 16.9 Å². The van der Waals surface area contributed by atoms with Gasteiger partial charge in [0.2, 0.25) is 0 Å². The van der Waals surface area contributed by atoms with Crippen LogP contribution in [-0.2, 0) is 6.54 Å². The maximum absolute atomic E-state index is 13.9. The Morgan fingerprint density at radius 1 is 1.26 bits per heavy atom. The number of benzene rings is 1. The molecule has 4 rings (SSSR count). The average molecular weight is 384 g/mol. The highest BCUT2D eigenvalue weighted by Crippen LogP contribution is 2.28. The summed E-state index contributed by atoms with van der Waals surface area (Å²) in [6, 6.07) is 8.48. The summed E-state index contributed by atoms with van der Waals surface area (Å²) in [7, 11) is 0. The molecule has 0 aliphatic rings. The molecule has 0 radical (unpaired) electrons. The van der Waals surface area contributed by atoms with E-state index >= 15 is 0 Å². The van der Waals surface area contributed by atoms with Gasteiger partial charge in [-0.25, -0.2) is 18.4 Å². The fraction of sp³-hybridized carbons (Fsp3) is 0.105. The van der Waals surface area contributed by atoms with Gasteiger partial charge in [-0.05, 0) is 36.6 Å². The highest BCUT2D eigenvalue weighted by Gasteiger charge is 2.18. The fourth-order valence-corrected chi connectivity index (χ4v) is 3.48. The van der Waals surface area contributed by atoms with Crippen LogP contribution in [0.25, 0.3) is 21.6 Å². The Morgan fingerprint density at radius 2 is 2.11 bits per heavy atom. The van der Waals surface area contributed by atoms with Crippen LogP contribution in [-0.4, -0.2) is 20.7 Å². The first-order valence-corrected chi connectivity index (χ1v) is 9.11. The van der Waals surface area contributed by atoms with E-state index in [4.69, 9.17) is 0 Å². The van der Waals surface area contributed by atoms with Crippen molar-refractivity contribution in [2.45, 2.75) is 13.5 Å². The maximum Gasteiger partial charge on any atom is 0.256 e. The second-order valence-electron chi connectivity index (χ2n) is 5.81. The normalized spacial score (nSPS) is 11.1. The highest BCUT2D eigenvalue weighted by atomic mass is 32.1. The molecule has 0 spiro atoms. The number of aromatic nitrogens is 3. The first kappa shape index (κ1) is 17.3. The number of anilines is 1. The summed E-state index contributed by atoms with van der Waals surface area (Å²) in [5.74, 6) is -2.06. The van der Waals surface area contributed by atoms with Crippen molar-refractivity contribution >= 4 is 34.0 Å². The number of aryl methyl sites for hydroxylation is 1. The zero-order chi connectivity index (χ0) is 19.0. The van der Waals surface area contributed by atoms with Crippen LogP contribution in [0.5, 0.6) is 0 Å². The van der Waals surface area contributed by atoms with Gasteiger partial charge in [0.05, 0.1) is 33.4 Å². The molecule has 0 bridgehead atoms. The van der Waals surface area contributed by atoms with Crippen molar-refractivity contribution in [1.29, 1.82) is 0 Å². The molecule has 0 aliphatic carbocycles. The number of hydrogen-bond acceptors (Lipinski definition) is 4. The second-order valence-corrected chi connectivity index (χ2v) is 6.76. The molecule has 0 atom stereocenters. The van der Waals surface area contributed by atoms with Gasteiger partial charge in [-0.3, -0.25) is 4.79 Å². The zero-order valence-corrected chi connectivity index (χ0v) is 15.1. The number of carbonyl (C=O) groups is 1. The lowest BCUT2D eigenvalue weighted by Gasteiger charge is -2.09. The number of thiophene rings is 1. The number of amides is 1. The van der Waals surface area contributed by atoms with E-state index in [9.17, 15) is 13.6 Å². The molecule has 0 unspecified atom stereocenters. The predicted octanol–water partition coefficient (Wildman–Crippen LogP) is 4.71. The lowest BCUT2D eigenvalue weighted by atomic mass is 10.1. The predicted molar refractivity (Wildman–Crippen MR) is 101 cm³/mol. The Labute approximate surface area is 157 Å². The van der Waals surface area contributed by atoms with Crippen LogP contribution in [0.3, 0.4) is 0 Å². The Morgan fingerprint density at radius 3 is 2.81 bits per heavy atom. The standard InChI is InChI=1S/C19H14F2N4OS/c1-2-25-18-13(10-22-25)12(9-16(23-18)17-4-3-7-27-17)19(26)24-15-6-5-11(20)8-14(15)21/h3-10H,2H2,1H3,(H,24,26). The summed E-state index contributed by atoms with van der Waals surface area (Å²) in [5, 5.41) is 9.26. The quantitative estimate of drug-likeness (QED) is 0.554. The van der Waals surface area contributed by atoms with Crippen LogP contribution in [0.15, 0.2) is 48.0 Å². The van der Waals surface area contributed by atoms with Gasteiger partial charge >= 0.3 is 0 Å². The molecule has 1 aromatic carbocycles. The maximum atomic E-state index is 13.9. The third-order valence-electron chi connectivity index (χ3n) is 4.11. The van der Waals surface area contributed by atoms with Crippen molar-refractivity contribution in [3.8, 4) is 10.6 Å². The first-order chi connectivity index (χ1) is 13.1. The SMILES string of the molecule is CCn1ncc2c(C(=O)Nc3ccc(F)cc3F)cc(-c3cccs3)nc21. The van der Waals surface area contributed by atoms with Crippen molar-refractivity contribution in [1.82, 2.24) is 14.8 Å². The van der Waals surface area contributed by atoms with Gasteiger partial charge in [-0.1, -0.05) is 6.07 Å². The summed E-state index contributed by atoms with van der Waals surface area (Å²) >= 11 is 1.50. The van der Waals surface area contributed by atoms with E-state index in [-0.39, 0.29) is 5.69 Å². The Kier molecular flexibility index (Phi) is 4.41. The molecule has 1 N–H and O–H groups in total. The highest BCUT2D eigenvalue weighted by molar-refractivity contribution is 7.13. The lowest BCUT2D eigenvalue weighted by molar-refractivity contribution is 0.102. The van der Waals surface area contributed by atoms with Crippen LogP contribution in [0.2, 0.25) is 0 Å². The third kappa shape index (κ3) is 3.19. The van der Waals surface area contributed by atoms with Crippen LogP contribution in [0.4, 0.5) is 14.5 Å². The summed E-state index contributed by atoms with van der Waals surface area (Å²) < 4.78 is 28.7. The largest absolute Gasteiger partial charge is 0.319 e. The molecular formula is C19H14F2N4OS. The van der Waals surface area contributed by atoms with E-state index in [1.165, 1.54) is 17.4 Å². The number of nitrogens with one attached hydrogen (secondary N) is 1. The van der Waals surface area contributed by atoms with Gasteiger partial charge in [0.1, 0.15) is 11.6 Å². The second kappa shape index (κ2) is 6.88. The summed E-state index contributed by atoms with van der Waals surface area (Å²) in [6.45, 7) is 2.53.